The lowest BCUT2D eigenvalue weighted by Gasteiger charge is -2.24. The Morgan fingerprint density at radius 1 is 1.10 bits per heavy atom. The quantitative estimate of drug-likeness (QED) is 0.678. The van der Waals surface area contributed by atoms with Crippen molar-refractivity contribution >= 4 is 11.8 Å². The van der Waals surface area contributed by atoms with Crippen LogP contribution in [0.4, 0.5) is 4.39 Å². The normalized spacial score (nSPS) is 15.2. The molecule has 0 unspecified atom stereocenters. The molecular formula is C24H22FN3O2. The number of nitrogens with one attached hydrogen (secondary N) is 1. The molecule has 1 aliphatic heterocycles. The number of hydrogen-bond donors (Lipinski definition) is 1. The molecule has 0 bridgehead atoms. The van der Waals surface area contributed by atoms with Crippen molar-refractivity contribution in [3.8, 4) is 0 Å². The Labute approximate surface area is 174 Å². The summed E-state index contributed by atoms with van der Waals surface area (Å²) in [5, 5.41) is 2.94. The number of pyridine rings is 1. The van der Waals surface area contributed by atoms with Gasteiger partial charge < -0.3 is 10.2 Å². The highest BCUT2D eigenvalue weighted by Gasteiger charge is 2.38. The van der Waals surface area contributed by atoms with Gasteiger partial charge in [0, 0.05) is 19.3 Å². The molecule has 4 rings (SSSR count). The molecule has 2 amide bonds. The van der Waals surface area contributed by atoms with E-state index in [0.29, 0.717) is 17.8 Å². The van der Waals surface area contributed by atoms with Crippen molar-refractivity contribution in [3.05, 3.63) is 101 Å². The predicted molar refractivity (Wildman–Crippen MR) is 111 cm³/mol. The van der Waals surface area contributed by atoms with Crippen LogP contribution in [-0.4, -0.2) is 21.7 Å². The van der Waals surface area contributed by atoms with Gasteiger partial charge in [0.1, 0.15) is 5.82 Å². The van der Waals surface area contributed by atoms with Crippen LogP contribution < -0.4 is 5.32 Å². The van der Waals surface area contributed by atoms with Crippen LogP contribution >= 0.6 is 0 Å². The van der Waals surface area contributed by atoms with Crippen LogP contribution in [0.1, 0.15) is 45.2 Å². The minimum atomic E-state index is -0.462. The fourth-order valence-corrected chi connectivity index (χ4v) is 3.75. The number of amides is 2. The minimum Gasteiger partial charge on any atom is -0.352 e. The molecule has 2 heterocycles. The number of hydrogen-bond acceptors (Lipinski definition) is 3. The first-order chi connectivity index (χ1) is 14.5. The Kier molecular flexibility index (Phi) is 5.57. The summed E-state index contributed by atoms with van der Waals surface area (Å²) in [5.41, 5.74) is 4.06. The van der Waals surface area contributed by atoms with Crippen molar-refractivity contribution < 1.29 is 14.0 Å². The van der Waals surface area contributed by atoms with Crippen molar-refractivity contribution in [1.29, 1.82) is 0 Å². The number of rotatable bonds is 6. The van der Waals surface area contributed by atoms with Crippen LogP contribution in [0.15, 0.2) is 66.9 Å². The zero-order valence-corrected chi connectivity index (χ0v) is 16.6. The van der Waals surface area contributed by atoms with Crippen molar-refractivity contribution in [2.75, 3.05) is 0 Å². The number of carbonyl (C=O) groups excluding carboxylic acids is 2. The summed E-state index contributed by atoms with van der Waals surface area (Å²) in [6.45, 7) is 2.71. The summed E-state index contributed by atoms with van der Waals surface area (Å²) in [4.78, 5) is 31.7. The third kappa shape index (κ3) is 4.22. The number of fused-ring (bicyclic) bond motifs is 1. The van der Waals surface area contributed by atoms with Crippen LogP contribution in [0, 0.1) is 12.7 Å². The lowest BCUT2D eigenvalue weighted by molar-refractivity contribution is -0.122. The standard InChI is InChI=1S/C24H22FN3O2/c1-16-4-2-5-18(12-16)14-27-22(29)13-21-23-20(6-3-11-26-23)24(30)28(21)15-17-7-9-19(25)10-8-17/h2-12,21H,13-15H2,1H3,(H,27,29)/t21-/m1/s1. The average Bonchev–Trinajstić information content (AvgIpc) is 3.00. The van der Waals surface area contributed by atoms with Crippen LogP contribution in [0.2, 0.25) is 0 Å². The molecule has 0 saturated heterocycles. The van der Waals surface area contributed by atoms with E-state index in [2.05, 4.69) is 10.3 Å². The Balaban J connectivity index is 1.51. The third-order valence-electron chi connectivity index (χ3n) is 5.24. The fourth-order valence-electron chi connectivity index (χ4n) is 3.75. The van der Waals surface area contributed by atoms with Crippen LogP contribution in [-0.2, 0) is 17.9 Å². The molecule has 2 aromatic carbocycles. The summed E-state index contributed by atoms with van der Waals surface area (Å²) in [6.07, 6.45) is 1.74. The van der Waals surface area contributed by atoms with Crippen molar-refractivity contribution in [2.45, 2.75) is 32.5 Å². The van der Waals surface area contributed by atoms with Crippen LogP contribution in [0.5, 0.6) is 0 Å². The maximum atomic E-state index is 13.2. The van der Waals surface area contributed by atoms with E-state index in [1.807, 2.05) is 31.2 Å². The van der Waals surface area contributed by atoms with Gasteiger partial charge in [-0.15, -0.1) is 0 Å². The van der Waals surface area contributed by atoms with Gasteiger partial charge in [-0.05, 0) is 42.3 Å². The Morgan fingerprint density at radius 2 is 1.90 bits per heavy atom. The third-order valence-corrected chi connectivity index (χ3v) is 5.24. The molecule has 0 saturated carbocycles. The van der Waals surface area contributed by atoms with E-state index in [9.17, 15) is 14.0 Å². The Bertz CT molecular complexity index is 1080. The zero-order chi connectivity index (χ0) is 21.1. The highest BCUT2D eigenvalue weighted by atomic mass is 19.1. The highest BCUT2D eigenvalue weighted by Crippen LogP contribution is 2.35. The van der Waals surface area contributed by atoms with Crippen molar-refractivity contribution in [3.63, 3.8) is 0 Å². The first-order valence-electron chi connectivity index (χ1n) is 9.84. The van der Waals surface area contributed by atoms with Gasteiger partial charge in [-0.2, -0.15) is 0 Å². The Hall–Kier alpha value is -3.54. The minimum absolute atomic E-state index is 0.114. The summed E-state index contributed by atoms with van der Waals surface area (Å²) in [5.74, 6) is -0.653. The number of carbonyl (C=O) groups is 2. The molecule has 1 aliphatic rings. The molecule has 1 N–H and O–H groups in total. The molecular weight excluding hydrogens is 381 g/mol. The van der Waals surface area contributed by atoms with E-state index in [-0.39, 0.29) is 30.6 Å². The van der Waals surface area contributed by atoms with Crippen molar-refractivity contribution in [1.82, 2.24) is 15.2 Å². The van der Waals surface area contributed by atoms with E-state index in [4.69, 9.17) is 0 Å². The summed E-state index contributed by atoms with van der Waals surface area (Å²) >= 11 is 0. The van der Waals surface area contributed by atoms with Crippen LogP contribution in [0.3, 0.4) is 0 Å². The topological polar surface area (TPSA) is 62.3 Å². The number of nitrogens with zero attached hydrogens (tertiary/aromatic N) is 2. The molecule has 0 fully saturated rings. The second kappa shape index (κ2) is 8.45. The van der Waals surface area contributed by atoms with Gasteiger partial charge in [-0.3, -0.25) is 14.6 Å². The second-order valence-corrected chi connectivity index (χ2v) is 7.48. The van der Waals surface area contributed by atoms with Gasteiger partial charge in [0.2, 0.25) is 5.91 Å². The van der Waals surface area contributed by atoms with E-state index in [1.54, 1.807) is 35.4 Å². The second-order valence-electron chi connectivity index (χ2n) is 7.48. The number of aryl methyl sites for hydroxylation is 1. The molecule has 0 radical (unpaired) electrons. The highest BCUT2D eigenvalue weighted by molar-refractivity contribution is 5.99. The largest absolute Gasteiger partial charge is 0.352 e. The maximum Gasteiger partial charge on any atom is 0.256 e. The summed E-state index contributed by atoms with van der Waals surface area (Å²) in [6, 6.07) is 17.0. The van der Waals surface area contributed by atoms with Gasteiger partial charge in [0.25, 0.3) is 5.91 Å². The molecule has 1 atom stereocenters. The summed E-state index contributed by atoms with van der Waals surface area (Å²) in [7, 11) is 0. The smallest absolute Gasteiger partial charge is 0.256 e. The van der Waals surface area contributed by atoms with Gasteiger partial charge in [-0.1, -0.05) is 42.0 Å². The van der Waals surface area contributed by atoms with Crippen molar-refractivity contribution in [2.24, 2.45) is 0 Å². The molecule has 0 spiro atoms. The monoisotopic (exact) mass is 403 g/mol. The molecule has 3 aromatic rings. The van der Waals surface area contributed by atoms with E-state index in [1.165, 1.54) is 12.1 Å². The average molecular weight is 403 g/mol. The molecule has 1 aromatic heterocycles. The van der Waals surface area contributed by atoms with Gasteiger partial charge in [0.15, 0.2) is 0 Å². The lowest BCUT2D eigenvalue weighted by atomic mass is 10.1. The first kappa shape index (κ1) is 19.8. The van der Waals surface area contributed by atoms with E-state index in [0.717, 1.165) is 16.7 Å². The summed E-state index contributed by atoms with van der Waals surface area (Å²) < 4.78 is 13.2. The van der Waals surface area contributed by atoms with Gasteiger partial charge in [0.05, 0.1) is 23.7 Å². The fraction of sp³-hybridized carbons (Fsp3) is 0.208. The molecule has 30 heavy (non-hydrogen) atoms. The zero-order valence-electron chi connectivity index (χ0n) is 16.6. The molecule has 0 aliphatic carbocycles. The lowest BCUT2D eigenvalue weighted by Crippen LogP contribution is -2.32. The number of halogens is 1. The number of benzene rings is 2. The van der Waals surface area contributed by atoms with Crippen LogP contribution in [0.25, 0.3) is 0 Å². The first-order valence-corrected chi connectivity index (χ1v) is 9.84. The van der Waals surface area contributed by atoms with Gasteiger partial charge in [-0.25, -0.2) is 4.39 Å². The maximum absolute atomic E-state index is 13.2. The predicted octanol–water partition coefficient (Wildman–Crippen LogP) is 3.93. The van der Waals surface area contributed by atoms with E-state index >= 15 is 0 Å². The molecule has 5 nitrogen and oxygen atoms in total. The van der Waals surface area contributed by atoms with Gasteiger partial charge >= 0.3 is 0 Å². The molecule has 152 valence electrons. The SMILES string of the molecule is Cc1cccc(CNC(=O)C[C@@H]2c3ncccc3C(=O)N2Cc2ccc(F)cc2)c1. The number of aromatic nitrogens is 1. The Morgan fingerprint density at radius 3 is 2.67 bits per heavy atom. The molecule has 6 heteroatoms. The van der Waals surface area contributed by atoms with E-state index < -0.39 is 6.04 Å².